The molecule has 5 nitrogen and oxygen atoms in total. The molecule has 0 spiro atoms. The van der Waals surface area contributed by atoms with E-state index in [-0.39, 0.29) is 10.8 Å². The van der Waals surface area contributed by atoms with Gasteiger partial charge in [0.2, 0.25) is 0 Å². The quantitative estimate of drug-likeness (QED) is 0.489. The highest BCUT2D eigenvalue weighted by Gasteiger charge is 2.18. The minimum Gasteiger partial charge on any atom is -0.425 e. The van der Waals surface area contributed by atoms with Gasteiger partial charge >= 0.3 is 5.97 Å². The van der Waals surface area contributed by atoms with Gasteiger partial charge in [-0.15, -0.1) is 0 Å². The third kappa shape index (κ3) is 2.92. The zero-order valence-electron chi connectivity index (χ0n) is 7.60. The van der Waals surface area contributed by atoms with E-state index in [1.54, 1.807) is 0 Å². The Labute approximate surface area is 91.4 Å². The molecule has 0 bridgehead atoms. The van der Waals surface area contributed by atoms with Crippen molar-refractivity contribution in [2.75, 3.05) is 0 Å². The summed E-state index contributed by atoms with van der Waals surface area (Å²) in [6, 6.07) is 3.72. The molecule has 1 aromatic rings. The number of halogens is 1. The van der Waals surface area contributed by atoms with Crippen molar-refractivity contribution in [3.05, 3.63) is 23.2 Å². The first-order chi connectivity index (χ1) is 6.82. The van der Waals surface area contributed by atoms with Gasteiger partial charge in [-0.2, -0.15) is 8.42 Å². The molecule has 0 heterocycles. The lowest BCUT2D eigenvalue weighted by Gasteiger charge is -2.06. The van der Waals surface area contributed by atoms with E-state index in [1.807, 2.05) is 0 Å². The SMILES string of the molecule is CC(=O)Oc1cccc(S(=O)(=O)O)c1Cl. The molecule has 0 unspecified atom stereocenters. The lowest BCUT2D eigenvalue weighted by Crippen LogP contribution is -2.05. The van der Waals surface area contributed by atoms with Crippen molar-refractivity contribution >= 4 is 27.7 Å². The van der Waals surface area contributed by atoms with Crippen LogP contribution in [0.25, 0.3) is 0 Å². The second-order valence-electron chi connectivity index (χ2n) is 2.64. The van der Waals surface area contributed by atoms with Crippen LogP contribution in [-0.4, -0.2) is 18.9 Å². The van der Waals surface area contributed by atoms with Crippen LogP contribution in [0, 0.1) is 0 Å². The fourth-order valence-electron chi connectivity index (χ4n) is 0.924. The number of carbonyl (C=O) groups excluding carboxylic acids is 1. The maximum absolute atomic E-state index is 10.8. The molecule has 0 fully saturated rings. The first-order valence-corrected chi connectivity index (χ1v) is 5.58. The summed E-state index contributed by atoms with van der Waals surface area (Å²) >= 11 is 5.62. The minimum absolute atomic E-state index is 0.112. The molecule has 0 amide bonds. The third-order valence-electron chi connectivity index (χ3n) is 1.46. The standard InChI is InChI=1S/C8H7ClO5S/c1-5(10)14-6-3-2-4-7(8(6)9)15(11,12)13/h2-4H,1H3,(H,11,12,13). The zero-order chi connectivity index (χ0) is 11.6. The summed E-state index contributed by atoms with van der Waals surface area (Å²) in [4.78, 5) is 10.1. The van der Waals surface area contributed by atoms with Crippen molar-refractivity contribution in [3.63, 3.8) is 0 Å². The minimum atomic E-state index is -4.42. The highest BCUT2D eigenvalue weighted by molar-refractivity contribution is 7.86. The smallest absolute Gasteiger partial charge is 0.308 e. The molecule has 0 radical (unpaired) electrons. The summed E-state index contributed by atoms with van der Waals surface area (Å²) in [5.74, 6) is -0.747. The summed E-state index contributed by atoms with van der Waals surface area (Å²) in [6.07, 6.45) is 0. The van der Waals surface area contributed by atoms with Crippen molar-refractivity contribution in [2.24, 2.45) is 0 Å². The Kier molecular flexibility index (Phi) is 3.33. The second-order valence-corrected chi connectivity index (χ2v) is 4.40. The molecule has 0 aromatic heterocycles. The van der Waals surface area contributed by atoms with E-state index in [9.17, 15) is 13.2 Å². The summed E-state index contributed by atoms with van der Waals surface area (Å²) < 4.78 is 35.1. The molecule has 0 aliphatic heterocycles. The number of hydrogen-bond acceptors (Lipinski definition) is 4. The number of hydrogen-bond donors (Lipinski definition) is 1. The highest BCUT2D eigenvalue weighted by Crippen LogP contribution is 2.30. The van der Waals surface area contributed by atoms with Gasteiger partial charge in [-0.3, -0.25) is 9.35 Å². The van der Waals surface area contributed by atoms with Crippen LogP contribution in [0.2, 0.25) is 5.02 Å². The molecule has 7 heteroatoms. The summed E-state index contributed by atoms with van der Waals surface area (Å²) in [7, 11) is -4.42. The molecule has 0 saturated carbocycles. The molecule has 15 heavy (non-hydrogen) atoms. The molecule has 1 rings (SSSR count). The lowest BCUT2D eigenvalue weighted by atomic mass is 10.3. The Morgan fingerprint density at radius 2 is 2.07 bits per heavy atom. The van der Waals surface area contributed by atoms with E-state index >= 15 is 0 Å². The molecule has 0 aliphatic carbocycles. The van der Waals surface area contributed by atoms with Crippen LogP contribution >= 0.6 is 11.6 Å². The van der Waals surface area contributed by atoms with Gasteiger partial charge in [-0.05, 0) is 12.1 Å². The maximum Gasteiger partial charge on any atom is 0.308 e. The Balaban J connectivity index is 3.30. The van der Waals surface area contributed by atoms with Gasteiger partial charge in [-0.25, -0.2) is 0 Å². The zero-order valence-corrected chi connectivity index (χ0v) is 9.17. The Hall–Kier alpha value is -1.11. The summed E-state index contributed by atoms with van der Waals surface area (Å²) in [6.45, 7) is 1.15. The monoisotopic (exact) mass is 250 g/mol. The van der Waals surface area contributed by atoms with Crippen LogP contribution in [0.1, 0.15) is 6.92 Å². The normalized spacial score (nSPS) is 11.1. The van der Waals surface area contributed by atoms with Crippen molar-refractivity contribution in [1.29, 1.82) is 0 Å². The number of benzene rings is 1. The van der Waals surface area contributed by atoms with Gasteiger partial charge in [0.25, 0.3) is 10.1 Å². The van der Waals surface area contributed by atoms with Crippen LogP contribution < -0.4 is 4.74 Å². The van der Waals surface area contributed by atoms with Gasteiger partial charge in [0.1, 0.15) is 9.92 Å². The van der Waals surface area contributed by atoms with Gasteiger partial charge in [0.05, 0.1) is 0 Å². The Morgan fingerprint density at radius 1 is 1.47 bits per heavy atom. The van der Waals surface area contributed by atoms with Crippen LogP contribution in [0.3, 0.4) is 0 Å². The van der Waals surface area contributed by atoms with E-state index in [4.69, 9.17) is 16.2 Å². The van der Waals surface area contributed by atoms with Crippen molar-refractivity contribution in [2.45, 2.75) is 11.8 Å². The van der Waals surface area contributed by atoms with Gasteiger partial charge < -0.3 is 4.74 Å². The van der Waals surface area contributed by atoms with Gasteiger partial charge in [0.15, 0.2) is 5.75 Å². The lowest BCUT2D eigenvalue weighted by molar-refractivity contribution is -0.131. The van der Waals surface area contributed by atoms with E-state index in [0.29, 0.717) is 0 Å². The average molecular weight is 251 g/mol. The molecule has 0 saturated heterocycles. The predicted octanol–water partition coefficient (Wildman–Crippen LogP) is 1.51. The van der Waals surface area contributed by atoms with E-state index in [1.165, 1.54) is 12.1 Å². The van der Waals surface area contributed by atoms with Crippen molar-refractivity contribution in [3.8, 4) is 5.75 Å². The topological polar surface area (TPSA) is 80.7 Å². The van der Waals surface area contributed by atoms with Gasteiger partial charge in [0, 0.05) is 6.92 Å². The first kappa shape index (κ1) is 12.0. The Morgan fingerprint density at radius 3 is 2.53 bits per heavy atom. The maximum atomic E-state index is 10.8. The van der Waals surface area contributed by atoms with Crippen LogP contribution in [0.15, 0.2) is 23.1 Å². The number of rotatable bonds is 2. The van der Waals surface area contributed by atoms with E-state index < -0.39 is 21.0 Å². The van der Waals surface area contributed by atoms with Gasteiger partial charge in [-0.1, -0.05) is 17.7 Å². The second kappa shape index (κ2) is 4.18. The molecule has 82 valence electrons. The van der Waals surface area contributed by atoms with Crippen molar-refractivity contribution < 1.29 is 22.5 Å². The number of ether oxygens (including phenoxy) is 1. The number of esters is 1. The molecule has 0 atom stereocenters. The summed E-state index contributed by atoms with van der Waals surface area (Å²) in [5.41, 5.74) is 0. The number of carbonyl (C=O) groups is 1. The van der Waals surface area contributed by atoms with Crippen LogP contribution in [0.5, 0.6) is 5.75 Å². The van der Waals surface area contributed by atoms with E-state index in [0.717, 1.165) is 13.0 Å². The van der Waals surface area contributed by atoms with Crippen LogP contribution in [-0.2, 0) is 14.9 Å². The molecule has 1 N–H and O–H groups in total. The molecular formula is C8H7ClO5S. The largest absolute Gasteiger partial charge is 0.425 e. The van der Waals surface area contributed by atoms with Crippen molar-refractivity contribution in [1.82, 2.24) is 0 Å². The molecule has 0 aliphatic rings. The predicted molar refractivity (Wildman–Crippen MR) is 52.6 cm³/mol. The molecule has 1 aromatic carbocycles. The third-order valence-corrected chi connectivity index (χ3v) is 2.86. The Bertz CT molecular complexity index is 494. The average Bonchev–Trinajstić information content (AvgIpc) is 2.05. The van der Waals surface area contributed by atoms with Crippen LogP contribution in [0.4, 0.5) is 0 Å². The fraction of sp³-hybridized carbons (Fsp3) is 0.125. The highest BCUT2D eigenvalue weighted by atomic mass is 35.5. The first-order valence-electron chi connectivity index (χ1n) is 3.77. The summed E-state index contributed by atoms with van der Waals surface area (Å²) in [5, 5.41) is -0.324. The van der Waals surface area contributed by atoms with E-state index in [2.05, 4.69) is 4.74 Å². The molecular weight excluding hydrogens is 244 g/mol. The fourth-order valence-corrected chi connectivity index (χ4v) is 1.96.